The number of hydrogen-bond donors (Lipinski definition) is 1. The molecule has 2 N–H and O–H groups in total. The molecule has 0 fully saturated rings. The zero-order chi connectivity index (χ0) is 14.7. The lowest BCUT2D eigenvalue weighted by Gasteiger charge is -2.08. The van der Waals surface area contributed by atoms with E-state index in [1.165, 1.54) is 31.5 Å². The summed E-state index contributed by atoms with van der Waals surface area (Å²) in [5.74, 6) is 0.486. The number of halogens is 1. The van der Waals surface area contributed by atoms with Crippen LogP contribution in [-0.2, 0) is 0 Å². The molecule has 2 rings (SSSR count). The highest BCUT2D eigenvalue weighted by atomic mass is 79.9. The molecule has 0 radical (unpaired) electrons. The van der Waals surface area contributed by atoms with Crippen LogP contribution in [0, 0.1) is 10.1 Å². The van der Waals surface area contributed by atoms with Crippen molar-refractivity contribution in [1.82, 2.24) is 9.97 Å². The highest BCUT2D eigenvalue weighted by Gasteiger charge is 2.18. The number of rotatable bonds is 4. The van der Waals surface area contributed by atoms with E-state index in [0.29, 0.717) is 10.2 Å². The molecule has 1 aromatic carbocycles. The first-order chi connectivity index (χ1) is 9.51. The Morgan fingerprint density at radius 1 is 1.45 bits per heavy atom. The monoisotopic (exact) mass is 340 g/mol. The number of anilines is 1. The molecule has 9 heteroatoms. The SMILES string of the molecule is COc1ccc([N+](=O)[O-])c(Oc2nc(N)ncc2Br)c1. The van der Waals surface area contributed by atoms with Crippen molar-refractivity contribution in [2.75, 3.05) is 12.8 Å². The van der Waals surface area contributed by atoms with E-state index in [1.54, 1.807) is 0 Å². The number of aromatic nitrogens is 2. The van der Waals surface area contributed by atoms with Crippen molar-refractivity contribution in [2.45, 2.75) is 0 Å². The van der Waals surface area contributed by atoms with Gasteiger partial charge in [0.15, 0.2) is 0 Å². The molecule has 0 amide bonds. The smallest absolute Gasteiger partial charge is 0.311 e. The van der Waals surface area contributed by atoms with Gasteiger partial charge < -0.3 is 15.2 Å². The van der Waals surface area contributed by atoms with Crippen molar-refractivity contribution in [1.29, 1.82) is 0 Å². The predicted molar refractivity (Wildman–Crippen MR) is 73.9 cm³/mol. The second-order valence-corrected chi connectivity index (χ2v) is 4.43. The number of methoxy groups -OCH3 is 1. The van der Waals surface area contributed by atoms with Crippen LogP contribution in [0.4, 0.5) is 11.6 Å². The molecule has 2 aromatic rings. The minimum absolute atomic E-state index is 0.00579. The number of nitrogens with zero attached hydrogens (tertiary/aromatic N) is 3. The van der Waals surface area contributed by atoms with Crippen LogP contribution < -0.4 is 15.2 Å². The molecule has 0 aliphatic carbocycles. The fraction of sp³-hybridized carbons (Fsp3) is 0.0909. The van der Waals surface area contributed by atoms with Gasteiger partial charge in [0.2, 0.25) is 17.6 Å². The third-order valence-electron chi connectivity index (χ3n) is 2.30. The Bertz CT molecular complexity index is 665. The summed E-state index contributed by atoms with van der Waals surface area (Å²) in [6.07, 6.45) is 1.39. The van der Waals surface area contributed by atoms with Crippen molar-refractivity contribution >= 4 is 27.6 Å². The summed E-state index contributed by atoms with van der Waals surface area (Å²) in [5.41, 5.74) is 5.24. The molecule has 0 spiro atoms. The maximum Gasteiger partial charge on any atom is 0.311 e. The Balaban J connectivity index is 2.45. The molecule has 0 saturated heterocycles. The maximum atomic E-state index is 11.0. The highest BCUT2D eigenvalue weighted by Crippen LogP contribution is 2.36. The van der Waals surface area contributed by atoms with Gasteiger partial charge in [0.1, 0.15) is 5.75 Å². The predicted octanol–water partition coefficient (Wildman–Crippen LogP) is 2.53. The molecular weight excluding hydrogens is 332 g/mol. The Hall–Kier alpha value is -2.42. The largest absolute Gasteiger partial charge is 0.497 e. The molecule has 104 valence electrons. The van der Waals surface area contributed by atoms with E-state index in [1.807, 2.05) is 0 Å². The second kappa shape index (κ2) is 5.70. The number of nitrogens with two attached hydrogens (primary N) is 1. The molecular formula is C11H9BrN4O4. The average Bonchev–Trinajstić information content (AvgIpc) is 2.42. The molecule has 0 unspecified atom stereocenters. The molecule has 0 bridgehead atoms. The first-order valence-corrected chi connectivity index (χ1v) is 6.09. The summed E-state index contributed by atoms with van der Waals surface area (Å²) in [6.45, 7) is 0. The number of nitrogen functional groups attached to an aromatic ring is 1. The number of nitro groups is 1. The standard InChI is InChI=1S/C11H9BrN4O4/c1-19-6-2-3-8(16(17)18)9(4-6)20-10-7(12)5-14-11(13)15-10/h2-5H,1H3,(H2,13,14,15). The number of ether oxygens (including phenoxy) is 2. The van der Waals surface area contributed by atoms with E-state index in [9.17, 15) is 10.1 Å². The van der Waals surface area contributed by atoms with Crippen LogP contribution in [0.3, 0.4) is 0 Å². The molecule has 0 aliphatic rings. The molecule has 0 aliphatic heterocycles. The first kappa shape index (κ1) is 14.0. The van der Waals surface area contributed by atoms with Crippen LogP contribution >= 0.6 is 15.9 Å². The molecule has 20 heavy (non-hydrogen) atoms. The van der Waals surface area contributed by atoms with Crippen LogP contribution in [0.1, 0.15) is 0 Å². The Morgan fingerprint density at radius 3 is 2.85 bits per heavy atom. The van der Waals surface area contributed by atoms with Crippen LogP contribution in [0.2, 0.25) is 0 Å². The van der Waals surface area contributed by atoms with Gasteiger partial charge in [0.05, 0.1) is 22.7 Å². The summed E-state index contributed by atoms with van der Waals surface area (Å²) >= 11 is 3.18. The third kappa shape index (κ3) is 2.94. The van der Waals surface area contributed by atoms with Gasteiger partial charge in [-0.15, -0.1) is 0 Å². The van der Waals surface area contributed by atoms with Crippen molar-refractivity contribution in [3.05, 3.63) is 39.0 Å². The van der Waals surface area contributed by atoms with Gasteiger partial charge in [-0.3, -0.25) is 10.1 Å². The van der Waals surface area contributed by atoms with Gasteiger partial charge >= 0.3 is 5.69 Å². The summed E-state index contributed by atoms with van der Waals surface area (Å²) in [6, 6.07) is 4.14. The van der Waals surface area contributed by atoms with Crippen LogP contribution in [0.25, 0.3) is 0 Å². The Kier molecular flexibility index (Phi) is 3.99. The van der Waals surface area contributed by atoms with E-state index < -0.39 is 4.92 Å². The minimum atomic E-state index is -0.562. The van der Waals surface area contributed by atoms with Crippen molar-refractivity contribution in [2.24, 2.45) is 0 Å². The molecule has 0 atom stereocenters. The van der Waals surface area contributed by atoms with Gasteiger partial charge in [0.25, 0.3) is 0 Å². The normalized spacial score (nSPS) is 10.1. The van der Waals surface area contributed by atoms with E-state index in [-0.39, 0.29) is 23.3 Å². The van der Waals surface area contributed by atoms with E-state index in [4.69, 9.17) is 15.2 Å². The van der Waals surface area contributed by atoms with Gasteiger partial charge in [0, 0.05) is 12.1 Å². The molecule has 1 aromatic heterocycles. The minimum Gasteiger partial charge on any atom is -0.497 e. The average molecular weight is 341 g/mol. The van der Waals surface area contributed by atoms with Crippen molar-refractivity contribution < 1.29 is 14.4 Å². The van der Waals surface area contributed by atoms with Crippen molar-refractivity contribution in [3.8, 4) is 17.4 Å². The van der Waals surface area contributed by atoms with Gasteiger partial charge in [-0.1, -0.05) is 0 Å². The van der Waals surface area contributed by atoms with Crippen LogP contribution in [0.5, 0.6) is 17.4 Å². The van der Waals surface area contributed by atoms with Gasteiger partial charge in [-0.2, -0.15) is 4.98 Å². The quantitative estimate of drug-likeness (QED) is 0.671. The summed E-state index contributed by atoms with van der Waals surface area (Å²) in [4.78, 5) is 18.0. The van der Waals surface area contributed by atoms with Gasteiger partial charge in [-0.05, 0) is 22.0 Å². The fourth-order valence-electron chi connectivity index (χ4n) is 1.39. The number of benzene rings is 1. The van der Waals surface area contributed by atoms with E-state index in [2.05, 4.69) is 25.9 Å². The Morgan fingerprint density at radius 2 is 2.20 bits per heavy atom. The zero-order valence-corrected chi connectivity index (χ0v) is 11.8. The lowest BCUT2D eigenvalue weighted by atomic mass is 10.3. The lowest BCUT2D eigenvalue weighted by Crippen LogP contribution is -1.99. The molecule has 0 saturated carbocycles. The lowest BCUT2D eigenvalue weighted by molar-refractivity contribution is -0.385. The van der Waals surface area contributed by atoms with Gasteiger partial charge in [-0.25, -0.2) is 4.98 Å². The van der Waals surface area contributed by atoms with E-state index in [0.717, 1.165) is 0 Å². The maximum absolute atomic E-state index is 11.0. The van der Waals surface area contributed by atoms with E-state index >= 15 is 0 Å². The molecule has 8 nitrogen and oxygen atoms in total. The zero-order valence-electron chi connectivity index (χ0n) is 10.2. The van der Waals surface area contributed by atoms with Crippen LogP contribution in [-0.4, -0.2) is 22.0 Å². The topological polar surface area (TPSA) is 113 Å². The summed E-state index contributed by atoms with van der Waals surface area (Å²) < 4.78 is 10.9. The fourth-order valence-corrected chi connectivity index (χ4v) is 1.67. The molecule has 1 heterocycles. The second-order valence-electron chi connectivity index (χ2n) is 3.57. The third-order valence-corrected chi connectivity index (χ3v) is 2.84. The first-order valence-electron chi connectivity index (χ1n) is 5.29. The summed E-state index contributed by atoms with van der Waals surface area (Å²) in [5, 5.41) is 11.0. The van der Waals surface area contributed by atoms with Crippen molar-refractivity contribution in [3.63, 3.8) is 0 Å². The number of hydrogen-bond acceptors (Lipinski definition) is 7. The van der Waals surface area contributed by atoms with Crippen LogP contribution in [0.15, 0.2) is 28.9 Å². The Labute approximate surface area is 121 Å². The summed E-state index contributed by atoms with van der Waals surface area (Å²) in [7, 11) is 1.45. The highest BCUT2D eigenvalue weighted by molar-refractivity contribution is 9.10. The number of nitro benzene ring substituents is 1.